The van der Waals surface area contributed by atoms with Crippen molar-refractivity contribution in [1.29, 1.82) is 0 Å². The molecule has 2 rings (SSSR count). The van der Waals surface area contributed by atoms with E-state index in [2.05, 4.69) is 0 Å². The summed E-state index contributed by atoms with van der Waals surface area (Å²) in [5.74, 6) is -0.796. The second kappa shape index (κ2) is 7.94. The Morgan fingerprint density at radius 2 is 2.09 bits per heavy atom. The van der Waals surface area contributed by atoms with Crippen molar-refractivity contribution in [2.75, 3.05) is 13.1 Å². The lowest BCUT2D eigenvalue weighted by molar-refractivity contribution is -0.147. The third kappa shape index (κ3) is 4.84. The van der Waals surface area contributed by atoms with Crippen LogP contribution in [-0.4, -0.2) is 41.1 Å². The fourth-order valence-electron chi connectivity index (χ4n) is 2.80. The summed E-state index contributed by atoms with van der Waals surface area (Å²) in [6.07, 6.45) is 1.34. The maximum Gasteiger partial charge on any atom is 0.303 e. The van der Waals surface area contributed by atoms with Crippen LogP contribution in [0.3, 0.4) is 0 Å². The van der Waals surface area contributed by atoms with Gasteiger partial charge in [-0.1, -0.05) is 30.3 Å². The first kappa shape index (κ1) is 16.5. The van der Waals surface area contributed by atoms with Gasteiger partial charge in [-0.25, -0.2) is 0 Å². The minimum atomic E-state index is -0.798. The van der Waals surface area contributed by atoms with E-state index in [9.17, 15) is 9.59 Å². The van der Waals surface area contributed by atoms with E-state index in [1.807, 2.05) is 30.3 Å². The Labute approximate surface area is 130 Å². The lowest BCUT2D eigenvalue weighted by atomic mass is 9.94. The summed E-state index contributed by atoms with van der Waals surface area (Å²) in [5.41, 5.74) is 1.03. The Morgan fingerprint density at radius 1 is 1.36 bits per heavy atom. The van der Waals surface area contributed by atoms with Crippen LogP contribution in [0.1, 0.15) is 31.7 Å². The van der Waals surface area contributed by atoms with Gasteiger partial charge < -0.3 is 14.7 Å². The molecule has 5 nitrogen and oxygen atoms in total. The zero-order valence-corrected chi connectivity index (χ0v) is 12.9. The van der Waals surface area contributed by atoms with E-state index in [-0.39, 0.29) is 18.2 Å². The average molecular weight is 305 g/mol. The molecule has 0 bridgehead atoms. The highest BCUT2D eigenvalue weighted by molar-refractivity contribution is 5.80. The quantitative estimate of drug-likeness (QED) is 0.876. The van der Waals surface area contributed by atoms with Gasteiger partial charge in [-0.15, -0.1) is 0 Å². The molecule has 0 saturated carbocycles. The molecule has 2 atom stereocenters. The normalized spacial score (nSPS) is 19.7. The van der Waals surface area contributed by atoms with E-state index in [1.165, 1.54) is 0 Å². The molecule has 0 aliphatic carbocycles. The van der Waals surface area contributed by atoms with Gasteiger partial charge in [0.05, 0.1) is 6.61 Å². The van der Waals surface area contributed by atoms with Gasteiger partial charge in [-0.3, -0.25) is 9.59 Å². The fourth-order valence-corrected chi connectivity index (χ4v) is 2.80. The van der Waals surface area contributed by atoms with Gasteiger partial charge >= 0.3 is 5.97 Å². The minimum absolute atomic E-state index is 0.0500. The van der Waals surface area contributed by atoms with Crippen molar-refractivity contribution < 1.29 is 19.4 Å². The highest BCUT2D eigenvalue weighted by Gasteiger charge is 2.28. The Hall–Kier alpha value is -1.88. The molecule has 0 unspecified atom stereocenters. The van der Waals surface area contributed by atoms with Gasteiger partial charge in [0.25, 0.3) is 5.91 Å². The van der Waals surface area contributed by atoms with Crippen molar-refractivity contribution in [1.82, 2.24) is 4.90 Å². The van der Waals surface area contributed by atoms with Crippen LogP contribution in [0.5, 0.6) is 0 Å². The largest absolute Gasteiger partial charge is 0.481 e. The molecule has 1 aromatic rings. The van der Waals surface area contributed by atoms with Gasteiger partial charge in [0.2, 0.25) is 0 Å². The fraction of sp³-hybridized carbons (Fsp3) is 0.529. The van der Waals surface area contributed by atoms with Gasteiger partial charge in [0.15, 0.2) is 0 Å². The maximum atomic E-state index is 12.4. The molecule has 22 heavy (non-hydrogen) atoms. The first-order chi connectivity index (χ1) is 10.6. The highest BCUT2D eigenvalue weighted by atomic mass is 16.5. The van der Waals surface area contributed by atoms with Crippen molar-refractivity contribution >= 4 is 11.9 Å². The summed E-state index contributed by atoms with van der Waals surface area (Å²) in [6.45, 7) is 3.37. The molecule has 1 N–H and O–H groups in total. The van der Waals surface area contributed by atoms with E-state index in [0.717, 1.165) is 18.4 Å². The van der Waals surface area contributed by atoms with E-state index >= 15 is 0 Å². The second-order valence-corrected chi connectivity index (χ2v) is 5.83. The van der Waals surface area contributed by atoms with E-state index in [4.69, 9.17) is 9.84 Å². The van der Waals surface area contributed by atoms with Crippen LogP contribution in [0.25, 0.3) is 0 Å². The van der Waals surface area contributed by atoms with Crippen LogP contribution in [0, 0.1) is 5.92 Å². The summed E-state index contributed by atoms with van der Waals surface area (Å²) < 4.78 is 5.65. The zero-order valence-electron chi connectivity index (χ0n) is 12.9. The van der Waals surface area contributed by atoms with Crippen LogP contribution in [0.4, 0.5) is 0 Å². The Morgan fingerprint density at radius 3 is 2.77 bits per heavy atom. The number of rotatable bonds is 6. The van der Waals surface area contributed by atoms with Gasteiger partial charge in [0.1, 0.15) is 6.10 Å². The number of aliphatic carboxylic acids is 1. The summed E-state index contributed by atoms with van der Waals surface area (Å²) in [7, 11) is 0. The molecule has 1 fully saturated rings. The number of piperidine rings is 1. The predicted molar refractivity (Wildman–Crippen MR) is 82.2 cm³/mol. The monoisotopic (exact) mass is 305 g/mol. The van der Waals surface area contributed by atoms with Crippen molar-refractivity contribution in [2.24, 2.45) is 5.92 Å². The van der Waals surface area contributed by atoms with Crippen molar-refractivity contribution in [3.8, 4) is 0 Å². The molecule has 0 radical (unpaired) electrons. The number of nitrogens with zero attached hydrogens (tertiary/aromatic N) is 1. The number of amides is 1. The maximum absolute atomic E-state index is 12.4. The van der Waals surface area contributed by atoms with Crippen LogP contribution in [-0.2, 0) is 20.9 Å². The van der Waals surface area contributed by atoms with E-state index in [1.54, 1.807) is 11.8 Å². The second-order valence-electron chi connectivity index (χ2n) is 5.83. The van der Waals surface area contributed by atoms with Gasteiger partial charge in [-0.05, 0) is 31.2 Å². The molecule has 120 valence electrons. The Kier molecular flexibility index (Phi) is 5.95. The van der Waals surface area contributed by atoms with E-state index < -0.39 is 12.1 Å². The summed E-state index contributed by atoms with van der Waals surface area (Å²) in [4.78, 5) is 25.0. The van der Waals surface area contributed by atoms with E-state index in [0.29, 0.717) is 19.7 Å². The number of ether oxygens (including phenoxy) is 1. The third-order valence-electron chi connectivity index (χ3n) is 3.98. The first-order valence-corrected chi connectivity index (χ1v) is 7.72. The molecule has 1 aliphatic rings. The number of carbonyl (C=O) groups is 2. The van der Waals surface area contributed by atoms with Crippen LogP contribution in [0.15, 0.2) is 30.3 Å². The number of carbonyl (C=O) groups excluding carboxylic acids is 1. The number of carboxylic acids is 1. The molecule has 0 aromatic heterocycles. The standard InChI is InChI=1S/C17H23NO4/c1-13(22-12-14-6-3-2-4-7-14)17(21)18-9-5-8-15(11-18)10-16(19)20/h2-4,6-7,13,15H,5,8-12H2,1H3,(H,19,20)/t13-,15-/m1/s1. The number of likely N-dealkylation sites (tertiary alicyclic amines) is 1. The number of hydrogen-bond donors (Lipinski definition) is 1. The zero-order chi connectivity index (χ0) is 15.9. The van der Waals surface area contributed by atoms with Crippen molar-refractivity contribution in [2.45, 2.75) is 38.9 Å². The van der Waals surface area contributed by atoms with Gasteiger partial charge in [-0.2, -0.15) is 0 Å². The van der Waals surface area contributed by atoms with Gasteiger partial charge in [0, 0.05) is 19.5 Å². The first-order valence-electron chi connectivity index (χ1n) is 7.72. The summed E-state index contributed by atoms with van der Waals surface area (Å²) in [5, 5.41) is 8.88. The van der Waals surface area contributed by atoms with Crippen LogP contribution in [0.2, 0.25) is 0 Å². The van der Waals surface area contributed by atoms with Crippen LogP contribution >= 0.6 is 0 Å². The van der Waals surface area contributed by atoms with Crippen molar-refractivity contribution in [3.63, 3.8) is 0 Å². The molecule has 5 heteroatoms. The minimum Gasteiger partial charge on any atom is -0.481 e. The molecule has 1 aliphatic heterocycles. The average Bonchev–Trinajstić information content (AvgIpc) is 2.52. The molecular formula is C17H23NO4. The smallest absolute Gasteiger partial charge is 0.303 e. The molecule has 1 saturated heterocycles. The molecular weight excluding hydrogens is 282 g/mol. The predicted octanol–water partition coefficient (Wildman–Crippen LogP) is 2.31. The number of hydrogen-bond acceptors (Lipinski definition) is 3. The topological polar surface area (TPSA) is 66.8 Å². The summed E-state index contributed by atoms with van der Waals surface area (Å²) in [6, 6.07) is 9.73. The lowest BCUT2D eigenvalue weighted by Gasteiger charge is -2.33. The summed E-state index contributed by atoms with van der Waals surface area (Å²) >= 11 is 0. The SMILES string of the molecule is C[C@@H](OCc1ccccc1)C(=O)N1CCC[C@H](CC(=O)O)C1. The molecule has 1 amide bonds. The number of benzene rings is 1. The van der Waals surface area contributed by atoms with Crippen LogP contribution < -0.4 is 0 Å². The van der Waals surface area contributed by atoms with Crippen molar-refractivity contribution in [3.05, 3.63) is 35.9 Å². The molecule has 0 spiro atoms. The lowest BCUT2D eigenvalue weighted by Crippen LogP contribution is -2.45. The third-order valence-corrected chi connectivity index (χ3v) is 3.98. The number of carboxylic acid groups (broad SMARTS) is 1. The molecule has 1 heterocycles. The molecule has 1 aromatic carbocycles. The Bertz CT molecular complexity index is 503. The Balaban J connectivity index is 1.83. The highest BCUT2D eigenvalue weighted by Crippen LogP contribution is 2.20.